The SMILES string of the molecule is CC1CCN(CCN2CCNC2=O)C(CN)C1. The molecule has 17 heavy (non-hydrogen) atoms. The van der Waals surface area contributed by atoms with E-state index in [4.69, 9.17) is 5.73 Å². The molecule has 2 aliphatic rings. The Kier molecular flexibility index (Phi) is 4.23. The number of rotatable bonds is 4. The van der Waals surface area contributed by atoms with Crippen LogP contribution in [0.2, 0.25) is 0 Å². The van der Waals surface area contributed by atoms with Gasteiger partial charge in [-0.25, -0.2) is 4.79 Å². The number of amides is 2. The Morgan fingerprint density at radius 1 is 1.41 bits per heavy atom. The fourth-order valence-electron chi connectivity index (χ4n) is 2.81. The van der Waals surface area contributed by atoms with Gasteiger partial charge in [-0.3, -0.25) is 4.90 Å². The largest absolute Gasteiger partial charge is 0.336 e. The van der Waals surface area contributed by atoms with Gasteiger partial charge in [0.15, 0.2) is 0 Å². The van der Waals surface area contributed by atoms with E-state index in [-0.39, 0.29) is 6.03 Å². The number of hydrogen-bond donors (Lipinski definition) is 2. The van der Waals surface area contributed by atoms with Gasteiger partial charge >= 0.3 is 6.03 Å². The molecular weight excluding hydrogens is 216 g/mol. The van der Waals surface area contributed by atoms with Gasteiger partial charge in [-0.05, 0) is 25.3 Å². The number of hydrogen-bond acceptors (Lipinski definition) is 3. The van der Waals surface area contributed by atoms with Crippen LogP contribution in [0.1, 0.15) is 19.8 Å². The lowest BCUT2D eigenvalue weighted by Gasteiger charge is -2.38. The first kappa shape index (κ1) is 12.6. The maximum absolute atomic E-state index is 11.4. The van der Waals surface area contributed by atoms with Crippen LogP contribution in [0, 0.1) is 5.92 Å². The molecule has 0 saturated carbocycles. The van der Waals surface area contributed by atoms with E-state index in [0.717, 1.165) is 45.2 Å². The molecule has 0 aromatic rings. The topological polar surface area (TPSA) is 61.6 Å². The Hall–Kier alpha value is -0.810. The van der Waals surface area contributed by atoms with E-state index in [1.165, 1.54) is 12.8 Å². The highest BCUT2D eigenvalue weighted by molar-refractivity contribution is 5.76. The molecule has 2 fully saturated rings. The molecule has 0 radical (unpaired) electrons. The van der Waals surface area contributed by atoms with Gasteiger partial charge in [-0.15, -0.1) is 0 Å². The number of carbonyl (C=O) groups excluding carboxylic acids is 1. The fourth-order valence-corrected chi connectivity index (χ4v) is 2.81. The van der Waals surface area contributed by atoms with Crippen molar-refractivity contribution in [3.05, 3.63) is 0 Å². The molecule has 98 valence electrons. The van der Waals surface area contributed by atoms with E-state index in [9.17, 15) is 4.79 Å². The zero-order valence-electron chi connectivity index (χ0n) is 10.7. The Labute approximate surface area is 103 Å². The first-order valence-electron chi connectivity index (χ1n) is 6.67. The number of nitrogens with two attached hydrogens (primary N) is 1. The summed E-state index contributed by atoms with van der Waals surface area (Å²) in [4.78, 5) is 15.8. The minimum absolute atomic E-state index is 0.0830. The summed E-state index contributed by atoms with van der Waals surface area (Å²) in [5, 5.41) is 2.83. The van der Waals surface area contributed by atoms with E-state index in [1.807, 2.05) is 4.90 Å². The summed E-state index contributed by atoms with van der Waals surface area (Å²) in [5.74, 6) is 0.787. The van der Waals surface area contributed by atoms with E-state index < -0.39 is 0 Å². The average Bonchev–Trinajstić information content (AvgIpc) is 2.73. The fraction of sp³-hybridized carbons (Fsp3) is 0.917. The molecule has 2 saturated heterocycles. The Bertz CT molecular complexity index is 271. The lowest BCUT2D eigenvalue weighted by Crippen LogP contribution is -2.49. The van der Waals surface area contributed by atoms with Crippen molar-refractivity contribution in [2.24, 2.45) is 11.7 Å². The highest BCUT2D eigenvalue weighted by Gasteiger charge is 2.26. The second-order valence-corrected chi connectivity index (χ2v) is 5.27. The van der Waals surface area contributed by atoms with Crippen molar-refractivity contribution in [3.63, 3.8) is 0 Å². The maximum Gasteiger partial charge on any atom is 0.317 e. The summed E-state index contributed by atoms with van der Waals surface area (Å²) in [6.07, 6.45) is 2.45. The van der Waals surface area contributed by atoms with Crippen molar-refractivity contribution in [1.82, 2.24) is 15.1 Å². The molecule has 2 heterocycles. The Morgan fingerprint density at radius 2 is 2.24 bits per heavy atom. The minimum atomic E-state index is 0.0830. The first-order chi connectivity index (χ1) is 8.20. The van der Waals surface area contributed by atoms with Gasteiger partial charge in [0, 0.05) is 38.8 Å². The first-order valence-corrected chi connectivity index (χ1v) is 6.67. The summed E-state index contributed by atoms with van der Waals surface area (Å²) in [6, 6.07) is 0.587. The van der Waals surface area contributed by atoms with E-state index in [1.54, 1.807) is 0 Å². The van der Waals surface area contributed by atoms with Crippen molar-refractivity contribution in [3.8, 4) is 0 Å². The van der Waals surface area contributed by atoms with Crippen LogP contribution in [-0.2, 0) is 0 Å². The van der Waals surface area contributed by atoms with Crippen molar-refractivity contribution >= 4 is 6.03 Å². The molecular formula is C12H24N4O. The van der Waals surface area contributed by atoms with Crippen LogP contribution in [0.5, 0.6) is 0 Å². The van der Waals surface area contributed by atoms with Crippen LogP contribution >= 0.6 is 0 Å². The van der Waals surface area contributed by atoms with Crippen molar-refractivity contribution in [2.75, 3.05) is 39.3 Å². The summed E-state index contributed by atoms with van der Waals surface area (Å²) in [5.41, 5.74) is 5.83. The summed E-state index contributed by atoms with van der Waals surface area (Å²) in [6.45, 7) is 7.58. The van der Waals surface area contributed by atoms with Crippen LogP contribution in [0.15, 0.2) is 0 Å². The van der Waals surface area contributed by atoms with Crippen LogP contribution in [0.4, 0.5) is 4.79 Å². The second kappa shape index (κ2) is 5.69. The maximum atomic E-state index is 11.4. The molecule has 0 aromatic carbocycles. The third-order valence-electron chi connectivity index (χ3n) is 3.97. The number of nitrogens with one attached hydrogen (secondary N) is 1. The van der Waals surface area contributed by atoms with Crippen molar-refractivity contribution < 1.29 is 4.79 Å². The number of piperidine rings is 1. The van der Waals surface area contributed by atoms with Crippen molar-refractivity contribution in [2.45, 2.75) is 25.8 Å². The van der Waals surface area contributed by atoms with E-state index >= 15 is 0 Å². The molecule has 0 bridgehead atoms. The molecule has 2 rings (SSSR count). The van der Waals surface area contributed by atoms with Gasteiger partial charge in [0.05, 0.1) is 0 Å². The predicted octanol–water partition coefficient (Wildman–Crippen LogP) is 0.0708. The quantitative estimate of drug-likeness (QED) is 0.731. The zero-order chi connectivity index (χ0) is 12.3. The molecule has 0 spiro atoms. The third kappa shape index (κ3) is 3.10. The number of nitrogens with zero attached hydrogens (tertiary/aromatic N) is 2. The van der Waals surface area contributed by atoms with E-state index in [2.05, 4.69) is 17.1 Å². The van der Waals surface area contributed by atoms with Gasteiger partial charge in [-0.1, -0.05) is 6.92 Å². The van der Waals surface area contributed by atoms with Gasteiger partial charge in [-0.2, -0.15) is 0 Å². The van der Waals surface area contributed by atoms with Gasteiger partial charge < -0.3 is 16.0 Å². The summed E-state index contributed by atoms with van der Waals surface area (Å²) < 4.78 is 0. The van der Waals surface area contributed by atoms with Gasteiger partial charge in [0.2, 0.25) is 0 Å². The highest BCUT2D eigenvalue weighted by Crippen LogP contribution is 2.21. The normalized spacial score (nSPS) is 30.7. The third-order valence-corrected chi connectivity index (χ3v) is 3.97. The lowest BCUT2D eigenvalue weighted by molar-refractivity contribution is 0.113. The van der Waals surface area contributed by atoms with Crippen LogP contribution in [-0.4, -0.2) is 61.1 Å². The lowest BCUT2D eigenvalue weighted by atomic mass is 9.92. The monoisotopic (exact) mass is 240 g/mol. The second-order valence-electron chi connectivity index (χ2n) is 5.27. The predicted molar refractivity (Wildman–Crippen MR) is 67.8 cm³/mol. The smallest absolute Gasteiger partial charge is 0.317 e. The van der Waals surface area contributed by atoms with Gasteiger partial charge in [0.1, 0.15) is 0 Å². The average molecular weight is 240 g/mol. The standard InChI is InChI=1S/C12H24N4O/c1-10-2-4-15(11(8-10)9-13)6-7-16-5-3-14-12(16)17/h10-11H,2-9,13H2,1H3,(H,14,17). The molecule has 5 heteroatoms. The number of urea groups is 1. The Morgan fingerprint density at radius 3 is 2.88 bits per heavy atom. The highest BCUT2D eigenvalue weighted by atomic mass is 16.2. The number of likely N-dealkylation sites (tertiary alicyclic amines) is 1. The molecule has 0 aromatic heterocycles. The number of carbonyl (C=O) groups is 1. The molecule has 2 aliphatic heterocycles. The molecule has 5 nitrogen and oxygen atoms in total. The molecule has 2 atom stereocenters. The Balaban J connectivity index is 1.79. The summed E-state index contributed by atoms with van der Waals surface area (Å²) in [7, 11) is 0. The van der Waals surface area contributed by atoms with Gasteiger partial charge in [0.25, 0.3) is 0 Å². The molecule has 0 aliphatic carbocycles. The van der Waals surface area contributed by atoms with E-state index in [0.29, 0.717) is 6.04 Å². The molecule has 2 amide bonds. The minimum Gasteiger partial charge on any atom is -0.336 e. The van der Waals surface area contributed by atoms with Crippen molar-refractivity contribution in [1.29, 1.82) is 0 Å². The zero-order valence-corrected chi connectivity index (χ0v) is 10.7. The molecule has 3 N–H and O–H groups in total. The van der Waals surface area contributed by atoms with Crippen LogP contribution < -0.4 is 11.1 Å². The van der Waals surface area contributed by atoms with Crippen LogP contribution in [0.25, 0.3) is 0 Å². The molecule has 2 unspecified atom stereocenters. The summed E-state index contributed by atoms with van der Waals surface area (Å²) >= 11 is 0. The van der Waals surface area contributed by atoms with Crippen LogP contribution in [0.3, 0.4) is 0 Å².